The first-order valence-electron chi connectivity index (χ1n) is 9.32. The summed E-state index contributed by atoms with van der Waals surface area (Å²) in [4.78, 5) is 25.0. The van der Waals surface area contributed by atoms with Crippen molar-refractivity contribution in [3.63, 3.8) is 0 Å². The van der Waals surface area contributed by atoms with Gasteiger partial charge in [0, 0.05) is 31.1 Å². The second kappa shape index (κ2) is 9.36. The molecule has 3 aromatic carbocycles. The van der Waals surface area contributed by atoms with E-state index in [1.807, 2.05) is 24.3 Å². The lowest BCUT2D eigenvalue weighted by Crippen LogP contribution is -2.13. The monoisotopic (exact) mass is 542 g/mol. The second-order valence-corrected chi connectivity index (χ2v) is 8.35. The van der Waals surface area contributed by atoms with Crippen LogP contribution in [0, 0.1) is 3.57 Å². The Hall–Kier alpha value is -3.10. The Morgan fingerprint density at radius 2 is 1.42 bits per heavy atom. The van der Waals surface area contributed by atoms with Gasteiger partial charge in [-0.05, 0) is 101 Å². The number of amides is 2. The number of halogens is 2. The van der Waals surface area contributed by atoms with Crippen LogP contribution in [0.5, 0.6) is 0 Å². The van der Waals surface area contributed by atoms with Gasteiger partial charge in [0.1, 0.15) is 5.76 Å². The van der Waals surface area contributed by atoms with Crippen LogP contribution in [0.25, 0.3) is 11.3 Å². The van der Waals surface area contributed by atoms with Gasteiger partial charge in [0.25, 0.3) is 11.8 Å². The molecule has 1 heterocycles. The third-order valence-electron chi connectivity index (χ3n) is 4.44. The zero-order chi connectivity index (χ0) is 21.8. The SMILES string of the molecule is O=C(Nc1cccc(NC(=O)c2ccc(-c3ccc(Cl)cc3)o2)c1)c1ccc(I)cc1. The van der Waals surface area contributed by atoms with Crippen molar-refractivity contribution in [2.45, 2.75) is 0 Å². The Morgan fingerprint density at radius 3 is 2.10 bits per heavy atom. The number of nitrogens with one attached hydrogen (secondary N) is 2. The molecule has 154 valence electrons. The topological polar surface area (TPSA) is 71.3 Å². The van der Waals surface area contributed by atoms with Gasteiger partial charge < -0.3 is 15.1 Å². The van der Waals surface area contributed by atoms with Crippen LogP contribution < -0.4 is 10.6 Å². The third kappa shape index (κ3) is 5.34. The molecular weight excluding hydrogens is 527 g/mol. The minimum atomic E-state index is -0.388. The number of carbonyl (C=O) groups is 2. The summed E-state index contributed by atoms with van der Waals surface area (Å²) >= 11 is 8.09. The first-order valence-corrected chi connectivity index (χ1v) is 10.8. The van der Waals surface area contributed by atoms with Crippen molar-refractivity contribution in [2.75, 3.05) is 10.6 Å². The summed E-state index contributed by atoms with van der Waals surface area (Å²) in [5.41, 5.74) is 2.49. The molecular formula is C24H16ClIN2O3. The molecule has 0 spiro atoms. The molecule has 4 aromatic rings. The molecule has 0 saturated carbocycles. The summed E-state index contributed by atoms with van der Waals surface area (Å²) in [6, 6.07) is 24.7. The van der Waals surface area contributed by atoms with Crippen LogP contribution in [0.2, 0.25) is 5.02 Å². The number of anilines is 2. The lowest BCUT2D eigenvalue weighted by Gasteiger charge is -2.08. The van der Waals surface area contributed by atoms with Crippen LogP contribution in [0.3, 0.4) is 0 Å². The molecule has 0 unspecified atom stereocenters. The Morgan fingerprint density at radius 1 is 0.774 bits per heavy atom. The maximum absolute atomic E-state index is 12.6. The lowest BCUT2D eigenvalue weighted by atomic mass is 10.2. The van der Waals surface area contributed by atoms with Gasteiger partial charge in [-0.3, -0.25) is 9.59 Å². The van der Waals surface area contributed by atoms with E-state index < -0.39 is 0 Å². The first kappa shape index (κ1) is 21.1. The summed E-state index contributed by atoms with van der Waals surface area (Å²) in [6.45, 7) is 0. The Balaban J connectivity index is 1.44. The Bertz CT molecular complexity index is 1230. The molecule has 4 rings (SSSR count). The number of furan rings is 1. The van der Waals surface area contributed by atoms with E-state index in [4.69, 9.17) is 16.0 Å². The summed E-state index contributed by atoms with van der Waals surface area (Å²) < 4.78 is 6.73. The Kier molecular flexibility index (Phi) is 6.39. The zero-order valence-electron chi connectivity index (χ0n) is 16.1. The average molecular weight is 543 g/mol. The van der Waals surface area contributed by atoms with Crippen LogP contribution in [0.4, 0.5) is 11.4 Å². The minimum Gasteiger partial charge on any atom is -0.451 e. The number of hydrogen-bond acceptors (Lipinski definition) is 3. The molecule has 0 aliphatic rings. The highest BCUT2D eigenvalue weighted by molar-refractivity contribution is 14.1. The van der Waals surface area contributed by atoms with E-state index >= 15 is 0 Å². The van der Waals surface area contributed by atoms with Crippen molar-refractivity contribution in [2.24, 2.45) is 0 Å². The fraction of sp³-hybridized carbons (Fsp3) is 0. The third-order valence-corrected chi connectivity index (χ3v) is 5.41. The van der Waals surface area contributed by atoms with Crippen molar-refractivity contribution < 1.29 is 14.0 Å². The van der Waals surface area contributed by atoms with Gasteiger partial charge in [-0.25, -0.2) is 0 Å². The van der Waals surface area contributed by atoms with E-state index in [1.54, 1.807) is 60.7 Å². The molecule has 0 atom stereocenters. The Labute approximate surface area is 197 Å². The van der Waals surface area contributed by atoms with Crippen molar-refractivity contribution >= 4 is 57.4 Å². The summed E-state index contributed by atoms with van der Waals surface area (Å²) in [6.07, 6.45) is 0. The molecule has 0 saturated heterocycles. The fourth-order valence-electron chi connectivity index (χ4n) is 2.90. The number of benzene rings is 3. The predicted molar refractivity (Wildman–Crippen MR) is 131 cm³/mol. The molecule has 0 bridgehead atoms. The highest BCUT2D eigenvalue weighted by atomic mass is 127. The predicted octanol–water partition coefficient (Wildman–Crippen LogP) is 6.71. The average Bonchev–Trinajstić information content (AvgIpc) is 3.25. The van der Waals surface area contributed by atoms with Crippen LogP contribution in [-0.4, -0.2) is 11.8 Å². The van der Waals surface area contributed by atoms with Gasteiger partial charge in [0.2, 0.25) is 0 Å². The van der Waals surface area contributed by atoms with Gasteiger partial charge in [-0.2, -0.15) is 0 Å². The molecule has 2 N–H and O–H groups in total. The summed E-state index contributed by atoms with van der Waals surface area (Å²) in [5, 5.41) is 6.25. The molecule has 5 nitrogen and oxygen atoms in total. The van der Waals surface area contributed by atoms with E-state index in [0.717, 1.165) is 9.13 Å². The van der Waals surface area contributed by atoms with Crippen LogP contribution in [0.15, 0.2) is 89.3 Å². The minimum absolute atomic E-state index is 0.179. The van der Waals surface area contributed by atoms with Crippen molar-refractivity contribution in [3.8, 4) is 11.3 Å². The second-order valence-electron chi connectivity index (χ2n) is 6.67. The number of carbonyl (C=O) groups excluding carboxylic acids is 2. The smallest absolute Gasteiger partial charge is 0.291 e. The van der Waals surface area contributed by atoms with Gasteiger partial charge in [0.15, 0.2) is 5.76 Å². The van der Waals surface area contributed by atoms with Crippen LogP contribution in [-0.2, 0) is 0 Å². The van der Waals surface area contributed by atoms with Gasteiger partial charge >= 0.3 is 0 Å². The number of rotatable bonds is 5. The molecule has 7 heteroatoms. The van der Waals surface area contributed by atoms with E-state index in [2.05, 4.69) is 33.2 Å². The van der Waals surface area contributed by atoms with Crippen molar-refractivity contribution in [3.05, 3.63) is 105 Å². The maximum Gasteiger partial charge on any atom is 0.291 e. The fourth-order valence-corrected chi connectivity index (χ4v) is 3.39. The van der Waals surface area contributed by atoms with Crippen LogP contribution in [0.1, 0.15) is 20.9 Å². The molecule has 2 amide bonds. The quantitative estimate of drug-likeness (QED) is 0.275. The van der Waals surface area contributed by atoms with Gasteiger partial charge in [0.05, 0.1) is 0 Å². The largest absolute Gasteiger partial charge is 0.451 e. The summed E-state index contributed by atoms with van der Waals surface area (Å²) in [5.74, 6) is 0.137. The van der Waals surface area contributed by atoms with Crippen molar-refractivity contribution in [1.82, 2.24) is 0 Å². The standard InChI is InChI=1S/C24H16ClIN2O3/c25-17-8-4-15(5-9-17)21-12-13-22(31-21)24(30)28-20-3-1-2-19(14-20)27-23(29)16-6-10-18(26)11-7-16/h1-14H,(H,27,29)(H,28,30). The first-order chi connectivity index (χ1) is 15.0. The van der Waals surface area contributed by atoms with E-state index in [1.165, 1.54) is 0 Å². The zero-order valence-corrected chi connectivity index (χ0v) is 19.0. The van der Waals surface area contributed by atoms with Crippen molar-refractivity contribution in [1.29, 1.82) is 0 Å². The molecule has 1 aromatic heterocycles. The molecule has 0 aliphatic carbocycles. The molecule has 0 fully saturated rings. The molecule has 0 aliphatic heterocycles. The highest BCUT2D eigenvalue weighted by Crippen LogP contribution is 2.25. The summed E-state index contributed by atoms with van der Waals surface area (Å²) in [7, 11) is 0. The van der Waals surface area contributed by atoms with E-state index in [9.17, 15) is 9.59 Å². The lowest BCUT2D eigenvalue weighted by molar-refractivity contribution is 0.0995. The normalized spacial score (nSPS) is 10.5. The molecule has 31 heavy (non-hydrogen) atoms. The van der Waals surface area contributed by atoms with Gasteiger partial charge in [-0.15, -0.1) is 0 Å². The number of hydrogen-bond donors (Lipinski definition) is 2. The van der Waals surface area contributed by atoms with Gasteiger partial charge in [-0.1, -0.05) is 17.7 Å². The van der Waals surface area contributed by atoms with E-state index in [-0.39, 0.29) is 17.6 Å². The molecule has 0 radical (unpaired) electrons. The van der Waals surface area contributed by atoms with Crippen LogP contribution >= 0.6 is 34.2 Å². The van der Waals surface area contributed by atoms with E-state index in [0.29, 0.717) is 27.7 Å². The highest BCUT2D eigenvalue weighted by Gasteiger charge is 2.13. The maximum atomic E-state index is 12.6.